The molecule has 0 bridgehead atoms. The molecule has 0 aromatic rings. The third-order valence-corrected chi connectivity index (χ3v) is 5.47. The molecule has 1 aliphatic carbocycles. The van der Waals surface area contributed by atoms with Gasteiger partial charge in [-0.05, 0) is 12.3 Å². The van der Waals surface area contributed by atoms with E-state index < -0.39 is 67.5 Å². The van der Waals surface area contributed by atoms with Gasteiger partial charge < -0.3 is 44.8 Å². The zero-order valence-corrected chi connectivity index (χ0v) is 14.1. The van der Waals surface area contributed by atoms with Crippen LogP contribution in [0.3, 0.4) is 0 Å². The zero-order valence-electron chi connectivity index (χ0n) is 14.1. The van der Waals surface area contributed by atoms with Crippen LogP contribution in [0.1, 0.15) is 13.3 Å². The molecule has 2 fully saturated rings. The van der Waals surface area contributed by atoms with Gasteiger partial charge in [-0.3, -0.25) is 0 Å². The Kier molecular flexibility index (Phi) is 5.54. The van der Waals surface area contributed by atoms with Gasteiger partial charge in [0.15, 0.2) is 6.29 Å². The zero-order chi connectivity index (χ0) is 19.2. The van der Waals surface area contributed by atoms with Crippen molar-refractivity contribution in [1.29, 1.82) is 0 Å². The van der Waals surface area contributed by atoms with Crippen molar-refractivity contribution in [1.82, 2.24) is 0 Å². The minimum Gasteiger partial charge on any atom is -0.478 e. The highest BCUT2D eigenvalue weighted by molar-refractivity contribution is 5.87. The van der Waals surface area contributed by atoms with Crippen LogP contribution < -0.4 is 0 Å². The SMILES string of the molecule is C[C@H]1C[C@H](O)[C@@H]2C(C(=O)O)=CO[C@@H](O[C@@H]3O[C@H](CO)[C@@H](O)[C@H](O)[C@H]3O)[C@@H]21. The van der Waals surface area contributed by atoms with E-state index in [1.165, 1.54) is 0 Å². The van der Waals surface area contributed by atoms with Gasteiger partial charge in [-0.1, -0.05) is 6.92 Å². The standard InChI is InChI=1S/C16H24O10/c1-5-2-7(18)10-6(14(22)23)4-24-15(9(5)10)26-16-13(21)12(20)11(19)8(3-17)25-16/h4-5,7-13,15-21H,2-3H2,1H3,(H,22,23)/t5-,7-,8+,9+,10-,11+,12-,13+,15-,16-/m0/s1. The Labute approximate surface area is 149 Å². The number of hydrogen-bond donors (Lipinski definition) is 6. The summed E-state index contributed by atoms with van der Waals surface area (Å²) >= 11 is 0. The molecule has 3 aliphatic rings. The van der Waals surface area contributed by atoms with Crippen molar-refractivity contribution in [2.75, 3.05) is 6.61 Å². The summed E-state index contributed by atoms with van der Waals surface area (Å²) in [7, 11) is 0. The molecule has 148 valence electrons. The first-order valence-corrected chi connectivity index (χ1v) is 8.49. The quantitative estimate of drug-likeness (QED) is 0.316. The normalized spacial score (nSPS) is 48.5. The predicted molar refractivity (Wildman–Crippen MR) is 82.2 cm³/mol. The summed E-state index contributed by atoms with van der Waals surface area (Å²) in [5.41, 5.74) is -0.0551. The molecule has 2 heterocycles. The molecule has 0 radical (unpaired) electrons. The summed E-state index contributed by atoms with van der Waals surface area (Å²) in [4.78, 5) is 11.4. The average molecular weight is 376 g/mol. The summed E-state index contributed by atoms with van der Waals surface area (Å²) in [6.45, 7) is 1.23. The average Bonchev–Trinajstić information content (AvgIpc) is 2.90. The van der Waals surface area contributed by atoms with Crippen LogP contribution in [-0.4, -0.2) is 86.3 Å². The van der Waals surface area contributed by atoms with Crippen LogP contribution in [0.15, 0.2) is 11.8 Å². The number of carboxylic acids is 1. The van der Waals surface area contributed by atoms with Crippen LogP contribution >= 0.6 is 0 Å². The Morgan fingerprint density at radius 3 is 2.50 bits per heavy atom. The van der Waals surface area contributed by atoms with Crippen molar-refractivity contribution in [3.63, 3.8) is 0 Å². The highest BCUT2D eigenvalue weighted by atomic mass is 16.8. The molecule has 6 N–H and O–H groups in total. The Bertz CT molecular complexity index is 563. The molecule has 10 nitrogen and oxygen atoms in total. The fraction of sp³-hybridized carbons (Fsp3) is 0.812. The number of carbonyl (C=O) groups is 1. The summed E-state index contributed by atoms with van der Waals surface area (Å²) < 4.78 is 16.3. The fourth-order valence-electron chi connectivity index (χ4n) is 4.08. The van der Waals surface area contributed by atoms with Crippen molar-refractivity contribution in [3.8, 4) is 0 Å². The Morgan fingerprint density at radius 2 is 1.88 bits per heavy atom. The molecule has 1 saturated carbocycles. The molecule has 3 rings (SSSR count). The number of aliphatic carboxylic acids is 1. The van der Waals surface area contributed by atoms with E-state index in [0.29, 0.717) is 6.42 Å². The third-order valence-electron chi connectivity index (χ3n) is 5.47. The second kappa shape index (κ2) is 7.39. The van der Waals surface area contributed by atoms with Crippen molar-refractivity contribution in [3.05, 3.63) is 11.8 Å². The number of fused-ring (bicyclic) bond motifs is 1. The lowest BCUT2D eigenvalue weighted by atomic mass is 9.83. The molecular weight excluding hydrogens is 352 g/mol. The van der Waals surface area contributed by atoms with Crippen LogP contribution in [0.25, 0.3) is 0 Å². The van der Waals surface area contributed by atoms with Crippen molar-refractivity contribution in [2.45, 2.75) is 56.4 Å². The molecule has 0 amide bonds. The Morgan fingerprint density at radius 1 is 1.19 bits per heavy atom. The van der Waals surface area contributed by atoms with Gasteiger partial charge in [0.05, 0.1) is 24.5 Å². The summed E-state index contributed by atoms with van der Waals surface area (Å²) in [5.74, 6) is -2.54. The first-order valence-electron chi connectivity index (χ1n) is 8.49. The number of aliphatic hydroxyl groups excluding tert-OH is 5. The lowest BCUT2D eigenvalue weighted by Crippen LogP contribution is -2.60. The van der Waals surface area contributed by atoms with Gasteiger partial charge in [0.2, 0.25) is 6.29 Å². The van der Waals surface area contributed by atoms with Gasteiger partial charge in [0.25, 0.3) is 0 Å². The molecule has 1 saturated heterocycles. The first kappa shape index (κ1) is 19.5. The molecular formula is C16H24O10. The summed E-state index contributed by atoms with van der Waals surface area (Å²) in [6.07, 6.45) is -7.77. The largest absolute Gasteiger partial charge is 0.478 e. The van der Waals surface area contributed by atoms with Gasteiger partial charge in [-0.25, -0.2) is 4.79 Å². The summed E-state index contributed by atoms with van der Waals surface area (Å²) in [6, 6.07) is 0. The van der Waals surface area contributed by atoms with Crippen molar-refractivity contribution in [2.24, 2.45) is 17.8 Å². The number of rotatable bonds is 4. The Hall–Kier alpha value is -1.27. The van der Waals surface area contributed by atoms with Crippen LogP contribution in [0.4, 0.5) is 0 Å². The number of ether oxygens (including phenoxy) is 3. The van der Waals surface area contributed by atoms with E-state index in [2.05, 4.69) is 0 Å². The second-order valence-corrected chi connectivity index (χ2v) is 7.10. The van der Waals surface area contributed by atoms with E-state index in [0.717, 1.165) is 6.26 Å². The van der Waals surface area contributed by atoms with Crippen molar-refractivity contribution >= 4 is 5.97 Å². The van der Waals surface area contributed by atoms with E-state index in [1.54, 1.807) is 0 Å². The maximum Gasteiger partial charge on any atom is 0.335 e. The van der Waals surface area contributed by atoms with Gasteiger partial charge in [-0.15, -0.1) is 0 Å². The van der Waals surface area contributed by atoms with Gasteiger partial charge in [0, 0.05) is 11.8 Å². The lowest BCUT2D eigenvalue weighted by Gasteiger charge is -2.43. The lowest BCUT2D eigenvalue weighted by molar-refractivity contribution is -0.342. The Balaban J connectivity index is 1.80. The highest BCUT2D eigenvalue weighted by Gasteiger charge is 2.53. The van der Waals surface area contributed by atoms with E-state index in [9.17, 15) is 35.4 Å². The molecule has 2 aliphatic heterocycles. The summed E-state index contributed by atoms with van der Waals surface area (Å²) in [5, 5.41) is 58.6. The smallest absolute Gasteiger partial charge is 0.335 e. The number of aliphatic hydroxyl groups is 5. The second-order valence-electron chi connectivity index (χ2n) is 7.10. The maximum atomic E-state index is 11.4. The fourth-order valence-corrected chi connectivity index (χ4v) is 4.08. The first-order chi connectivity index (χ1) is 12.3. The van der Waals surface area contributed by atoms with Crippen LogP contribution in [0.5, 0.6) is 0 Å². The molecule has 0 spiro atoms. The minimum absolute atomic E-state index is 0.0551. The predicted octanol–water partition coefficient (Wildman–Crippen LogP) is -2.24. The molecule has 0 aromatic carbocycles. The van der Waals surface area contributed by atoms with E-state index in [4.69, 9.17) is 14.2 Å². The minimum atomic E-state index is -1.60. The molecule has 0 aromatic heterocycles. The van der Waals surface area contributed by atoms with Gasteiger partial charge >= 0.3 is 5.97 Å². The monoisotopic (exact) mass is 376 g/mol. The van der Waals surface area contributed by atoms with Gasteiger partial charge in [-0.2, -0.15) is 0 Å². The maximum absolute atomic E-state index is 11.4. The topological polar surface area (TPSA) is 166 Å². The molecule has 10 atom stereocenters. The molecule has 10 heteroatoms. The van der Waals surface area contributed by atoms with Crippen LogP contribution in [-0.2, 0) is 19.0 Å². The number of carboxylic acid groups (broad SMARTS) is 1. The number of hydrogen-bond acceptors (Lipinski definition) is 9. The van der Waals surface area contributed by atoms with Crippen LogP contribution in [0, 0.1) is 17.8 Å². The van der Waals surface area contributed by atoms with Gasteiger partial charge in [0.1, 0.15) is 24.4 Å². The van der Waals surface area contributed by atoms with E-state index >= 15 is 0 Å². The molecule has 0 unspecified atom stereocenters. The van der Waals surface area contributed by atoms with Crippen LogP contribution in [0.2, 0.25) is 0 Å². The highest BCUT2D eigenvalue weighted by Crippen LogP contribution is 2.47. The third kappa shape index (κ3) is 3.22. The van der Waals surface area contributed by atoms with Crippen molar-refractivity contribution < 1.29 is 49.6 Å². The molecule has 26 heavy (non-hydrogen) atoms. The van der Waals surface area contributed by atoms with E-state index in [-0.39, 0.29) is 11.5 Å². The van der Waals surface area contributed by atoms with E-state index in [1.807, 2.05) is 6.92 Å².